The van der Waals surface area contributed by atoms with Crippen molar-refractivity contribution in [3.8, 4) is 0 Å². The number of hydrogen-bond donors (Lipinski definition) is 2. The van der Waals surface area contributed by atoms with Crippen LogP contribution in [0, 0.1) is 11.8 Å². The summed E-state index contributed by atoms with van der Waals surface area (Å²) in [7, 11) is 2.79. The molecule has 1 saturated carbocycles. The number of carbonyl (C=O) groups excluding carboxylic acids is 3. The molecule has 2 N–H and O–H groups in total. The molecular formula is C24H29F3N2O6S. The minimum atomic E-state index is -5.08. The van der Waals surface area contributed by atoms with Gasteiger partial charge < -0.3 is 9.84 Å². The van der Waals surface area contributed by atoms with Crippen LogP contribution in [0.5, 0.6) is 0 Å². The summed E-state index contributed by atoms with van der Waals surface area (Å²) in [6, 6.07) is 7.80. The number of alkyl halides is 3. The fourth-order valence-corrected chi connectivity index (χ4v) is 6.35. The molecule has 3 aliphatic rings. The van der Waals surface area contributed by atoms with Crippen LogP contribution in [0.15, 0.2) is 29.2 Å². The van der Waals surface area contributed by atoms with Gasteiger partial charge in [0.1, 0.15) is 5.54 Å². The van der Waals surface area contributed by atoms with Crippen LogP contribution in [0.2, 0.25) is 0 Å². The van der Waals surface area contributed by atoms with Crippen LogP contribution in [-0.2, 0) is 23.9 Å². The van der Waals surface area contributed by atoms with Gasteiger partial charge in [-0.3, -0.25) is 24.6 Å². The number of hydrogen-bond acceptors (Lipinski definition) is 7. The van der Waals surface area contributed by atoms with Crippen LogP contribution < -0.4 is 5.32 Å². The van der Waals surface area contributed by atoms with Crippen molar-refractivity contribution < 1.29 is 42.2 Å². The molecule has 2 heterocycles. The molecule has 1 aliphatic carbocycles. The number of aliphatic carboxylic acids is 1. The van der Waals surface area contributed by atoms with Gasteiger partial charge in [0, 0.05) is 23.2 Å². The number of amides is 2. The van der Waals surface area contributed by atoms with Crippen molar-refractivity contribution in [3.63, 3.8) is 0 Å². The minimum Gasteiger partial charge on any atom is -0.475 e. The minimum absolute atomic E-state index is 0.245. The smallest absolute Gasteiger partial charge is 0.475 e. The first kappa shape index (κ1) is 28.0. The van der Waals surface area contributed by atoms with Gasteiger partial charge in [-0.15, -0.1) is 11.8 Å². The predicted octanol–water partition coefficient (Wildman–Crippen LogP) is 3.55. The molecule has 3 fully saturated rings. The number of methoxy groups -OCH3 is 1. The number of carboxylic acids is 1. The van der Waals surface area contributed by atoms with Crippen molar-refractivity contribution in [2.24, 2.45) is 11.8 Å². The van der Waals surface area contributed by atoms with Crippen LogP contribution in [0.3, 0.4) is 0 Å². The molecule has 2 saturated heterocycles. The Balaban J connectivity index is 0.000000454. The third kappa shape index (κ3) is 5.54. The predicted molar refractivity (Wildman–Crippen MR) is 124 cm³/mol. The van der Waals surface area contributed by atoms with E-state index in [9.17, 15) is 27.6 Å². The second-order valence-corrected chi connectivity index (χ2v) is 10.7. The molecule has 0 radical (unpaired) electrons. The van der Waals surface area contributed by atoms with Crippen LogP contribution >= 0.6 is 11.8 Å². The molecule has 36 heavy (non-hydrogen) atoms. The molecule has 1 aromatic carbocycles. The molecule has 0 spiro atoms. The second-order valence-electron chi connectivity index (χ2n) is 9.30. The van der Waals surface area contributed by atoms with Gasteiger partial charge in [-0.05, 0) is 37.5 Å². The lowest BCUT2D eigenvalue weighted by Crippen LogP contribution is -2.53. The topological polar surface area (TPSA) is 113 Å². The Morgan fingerprint density at radius 1 is 1.11 bits per heavy atom. The van der Waals surface area contributed by atoms with E-state index in [1.54, 1.807) is 6.92 Å². The number of esters is 1. The molecular weight excluding hydrogens is 501 g/mol. The molecule has 4 atom stereocenters. The fourth-order valence-electron chi connectivity index (χ4n) is 5.10. The zero-order valence-electron chi connectivity index (χ0n) is 20.1. The highest BCUT2D eigenvalue weighted by Crippen LogP contribution is 2.48. The monoisotopic (exact) mass is 530 g/mol. The highest BCUT2D eigenvalue weighted by atomic mass is 32.2. The molecule has 1 aromatic rings. The highest BCUT2D eigenvalue weighted by molar-refractivity contribution is 8.00. The van der Waals surface area contributed by atoms with Gasteiger partial charge in [0.25, 0.3) is 0 Å². The number of thioether (sulfide) groups is 1. The van der Waals surface area contributed by atoms with Crippen molar-refractivity contribution in [1.29, 1.82) is 0 Å². The quantitative estimate of drug-likeness (QED) is 0.449. The SMILES string of the molecule is COC(=O)[C@]1(C)NC(c2ccc(SC3CCCCC3)cc2)C2C(=O)N(C)C(=O)C21.O=C(O)C(F)(F)F. The molecule has 198 valence electrons. The maximum absolute atomic E-state index is 12.8. The van der Waals surface area contributed by atoms with Crippen molar-refractivity contribution >= 4 is 35.5 Å². The number of ether oxygens (including phenoxy) is 1. The van der Waals surface area contributed by atoms with E-state index in [1.807, 2.05) is 23.9 Å². The van der Waals surface area contributed by atoms with E-state index in [0.717, 1.165) is 10.5 Å². The molecule has 0 aromatic heterocycles. The van der Waals surface area contributed by atoms with Crippen LogP contribution in [-0.4, -0.2) is 64.9 Å². The maximum atomic E-state index is 12.8. The maximum Gasteiger partial charge on any atom is 0.490 e. The number of fused-ring (bicyclic) bond motifs is 1. The number of nitrogens with one attached hydrogen (secondary N) is 1. The number of rotatable bonds is 4. The molecule has 0 bridgehead atoms. The average Bonchev–Trinajstić information content (AvgIpc) is 3.28. The van der Waals surface area contributed by atoms with Gasteiger partial charge in [-0.2, -0.15) is 13.2 Å². The summed E-state index contributed by atoms with van der Waals surface area (Å²) < 4.78 is 36.7. The Bertz CT molecular complexity index is 1010. The lowest BCUT2D eigenvalue weighted by molar-refractivity contribution is -0.192. The molecule has 3 unspecified atom stereocenters. The largest absolute Gasteiger partial charge is 0.490 e. The standard InChI is InChI=1S/C22H28N2O4S.C2HF3O2/c1-22(21(27)28-3)17-16(19(25)24(2)20(17)26)18(23-22)13-9-11-15(12-10-13)29-14-7-5-4-6-8-14;3-2(4,5)1(6)7/h9-12,14,16-18,23H,4-8H2,1-3H3;(H,6,7)/t16?,17?,18?,22-;/m1./s1. The summed E-state index contributed by atoms with van der Waals surface area (Å²) in [6.45, 7) is 1.66. The molecule has 4 rings (SSSR count). The third-order valence-electron chi connectivity index (χ3n) is 6.95. The summed E-state index contributed by atoms with van der Waals surface area (Å²) in [4.78, 5) is 49.3. The number of halogens is 3. The lowest BCUT2D eigenvalue weighted by atomic mass is 9.80. The van der Waals surface area contributed by atoms with Crippen molar-refractivity contribution in [2.45, 2.75) is 66.9 Å². The summed E-state index contributed by atoms with van der Waals surface area (Å²) in [5, 5.41) is 11.1. The van der Waals surface area contributed by atoms with Gasteiger partial charge in [0.15, 0.2) is 0 Å². The molecule has 8 nitrogen and oxygen atoms in total. The van der Waals surface area contributed by atoms with E-state index in [1.165, 1.54) is 51.2 Å². The average molecular weight is 531 g/mol. The number of carbonyl (C=O) groups is 4. The number of nitrogens with zero attached hydrogens (tertiary/aromatic N) is 1. The number of benzene rings is 1. The lowest BCUT2D eigenvalue weighted by Gasteiger charge is -2.28. The van der Waals surface area contributed by atoms with Gasteiger partial charge in [0.2, 0.25) is 11.8 Å². The summed E-state index contributed by atoms with van der Waals surface area (Å²) in [5.41, 5.74) is -0.311. The van der Waals surface area contributed by atoms with E-state index < -0.39 is 41.5 Å². The van der Waals surface area contributed by atoms with Gasteiger partial charge >= 0.3 is 18.1 Å². The summed E-state index contributed by atoms with van der Waals surface area (Å²) in [5.74, 6) is -5.20. The van der Waals surface area contributed by atoms with E-state index in [0.29, 0.717) is 5.25 Å². The zero-order valence-corrected chi connectivity index (χ0v) is 20.9. The Labute approximate surface area is 210 Å². The van der Waals surface area contributed by atoms with Crippen molar-refractivity contribution in [1.82, 2.24) is 10.2 Å². The molecule has 2 aliphatic heterocycles. The van der Waals surface area contributed by atoms with E-state index in [-0.39, 0.29) is 11.8 Å². The normalized spacial score (nSPS) is 28.4. The Kier molecular flexibility index (Phi) is 8.39. The first-order chi connectivity index (χ1) is 16.8. The number of imide groups is 1. The zero-order chi connectivity index (χ0) is 26.8. The first-order valence-corrected chi connectivity index (χ1v) is 12.4. The van der Waals surface area contributed by atoms with E-state index in [4.69, 9.17) is 14.6 Å². The van der Waals surface area contributed by atoms with Gasteiger partial charge in [-0.25, -0.2) is 4.79 Å². The van der Waals surface area contributed by atoms with Crippen molar-refractivity contribution in [2.75, 3.05) is 14.2 Å². The Hall–Kier alpha value is -2.60. The van der Waals surface area contributed by atoms with Gasteiger partial charge in [-0.1, -0.05) is 31.4 Å². The van der Waals surface area contributed by atoms with Crippen LogP contribution in [0.4, 0.5) is 13.2 Å². The molecule has 2 amide bonds. The highest BCUT2D eigenvalue weighted by Gasteiger charge is 2.66. The first-order valence-electron chi connectivity index (χ1n) is 11.6. The summed E-state index contributed by atoms with van der Waals surface area (Å²) in [6.07, 6.45) is 1.40. The van der Waals surface area contributed by atoms with E-state index in [2.05, 4.69) is 17.4 Å². The molecule has 12 heteroatoms. The fraction of sp³-hybridized carbons (Fsp3) is 0.583. The van der Waals surface area contributed by atoms with Crippen LogP contribution in [0.25, 0.3) is 0 Å². The Morgan fingerprint density at radius 2 is 1.67 bits per heavy atom. The van der Waals surface area contributed by atoms with Crippen molar-refractivity contribution in [3.05, 3.63) is 29.8 Å². The van der Waals surface area contributed by atoms with Gasteiger partial charge in [0.05, 0.1) is 18.9 Å². The third-order valence-corrected chi connectivity index (χ3v) is 8.30. The summed E-state index contributed by atoms with van der Waals surface area (Å²) >= 11 is 1.92. The van der Waals surface area contributed by atoms with E-state index >= 15 is 0 Å². The number of likely N-dealkylation sites (tertiary alicyclic amines) is 1. The number of carboxylic acid groups (broad SMARTS) is 1. The Morgan fingerprint density at radius 3 is 2.17 bits per heavy atom. The van der Waals surface area contributed by atoms with Crippen LogP contribution in [0.1, 0.15) is 50.6 Å². The second kappa shape index (κ2) is 10.8.